The summed E-state index contributed by atoms with van der Waals surface area (Å²) >= 11 is 0. The summed E-state index contributed by atoms with van der Waals surface area (Å²) in [6.45, 7) is 4.42. The van der Waals surface area contributed by atoms with Crippen LogP contribution in [0.5, 0.6) is 0 Å². The smallest absolute Gasteiger partial charge is 0.267 e. The molecule has 0 radical (unpaired) electrons. The maximum Gasteiger partial charge on any atom is 0.267 e. The lowest BCUT2D eigenvalue weighted by Gasteiger charge is -2.15. The van der Waals surface area contributed by atoms with Gasteiger partial charge in [-0.3, -0.25) is 5.84 Å². The molecule has 0 spiro atoms. The number of aryl methyl sites for hydroxylation is 1. The third-order valence-corrected chi connectivity index (χ3v) is 2.94. The van der Waals surface area contributed by atoms with Crippen molar-refractivity contribution in [3.05, 3.63) is 23.3 Å². The monoisotopic (exact) mass is 178 g/mol. The lowest BCUT2D eigenvalue weighted by atomic mass is 9.91. The van der Waals surface area contributed by atoms with E-state index in [1.807, 2.05) is 13.4 Å². The van der Waals surface area contributed by atoms with Gasteiger partial charge in [-0.1, -0.05) is 12.5 Å². The van der Waals surface area contributed by atoms with Gasteiger partial charge in [-0.15, -0.1) is 4.68 Å². The second-order valence-electron chi connectivity index (χ2n) is 3.96. The highest BCUT2D eigenvalue weighted by Gasteiger charge is 2.25. The molecule has 1 aliphatic rings. The molecule has 3 nitrogen and oxygen atoms in total. The summed E-state index contributed by atoms with van der Waals surface area (Å²) in [5.74, 6) is 6.46. The van der Waals surface area contributed by atoms with Crippen molar-refractivity contribution in [1.82, 2.24) is 4.68 Å². The van der Waals surface area contributed by atoms with Crippen molar-refractivity contribution in [3.8, 4) is 0 Å². The van der Waals surface area contributed by atoms with Crippen LogP contribution < -0.4 is 10.4 Å². The van der Waals surface area contributed by atoms with Crippen molar-refractivity contribution in [1.29, 1.82) is 0 Å². The van der Waals surface area contributed by atoms with Gasteiger partial charge in [-0.2, -0.15) is 0 Å². The summed E-state index contributed by atoms with van der Waals surface area (Å²) in [7, 11) is 2.05. The highest BCUT2D eigenvalue weighted by molar-refractivity contribution is 5.54. The highest BCUT2D eigenvalue weighted by Crippen LogP contribution is 2.25. The van der Waals surface area contributed by atoms with Crippen LogP contribution in [-0.4, -0.2) is 4.68 Å². The Hall–Kier alpha value is -1.25. The first kappa shape index (κ1) is 8.35. The molecule has 70 valence electrons. The van der Waals surface area contributed by atoms with Crippen LogP contribution in [0.3, 0.4) is 0 Å². The zero-order valence-electron chi connectivity index (χ0n) is 8.41. The number of nitrogens with zero attached hydrogens (tertiary/aromatic N) is 2. The Morgan fingerprint density at radius 2 is 2.31 bits per heavy atom. The molecular formula is C10H16N3+. The van der Waals surface area contributed by atoms with E-state index >= 15 is 0 Å². The van der Waals surface area contributed by atoms with E-state index in [1.165, 1.54) is 11.3 Å². The predicted octanol–water partition coefficient (Wildman–Crippen LogP) is 0.622. The molecule has 0 saturated heterocycles. The molecule has 0 aliphatic heterocycles. The number of rotatable bonds is 0. The third kappa shape index (κ3) is 1.15. The molecule has 0 fully saturated rings. The quantitative estimate of drug-likeness (QED) is 0.459. The second-order valence-corrected chi connectivity index (χ2v) is 3.96. The number of fused-ring (bicyclic) bond motifs is 1. The van der Waals surface area contributed by atoms with Gasteiger partial charge in [-0.05, 0) is 18.9 Å². The summed E-state index contributed by atoms with van der Waals surface area (Å²) in [6, 6.07) is 0. The minimum Gasteiger partial charge on any atom is -0.269 e. The summed E-state index contributed by atoms with van der Waals surface area (Å²) in [5, 5.41) is 0. The van der Waals surface area contributed by atoms with Crippen molar-refractivity contribution >= 4 is 6.08 Å². The molecule has 2 rings (SSSR count). The number of nitrogen functional groups attached to an aromatic ring is 1. The molecule has 0 saturated carbocycles. The maximum atomic E-state index is 5.82. The fourth-order valence-corrected chi connectivity index (χ4v) is 1.86. The van der Waals surface area contributed by atoms with E-state index in [1.54, 1.807) is 4.68 Å². The molecule has 1 aromatic heterocycles. The number of allylic oxidation sites excluding steroid dienone is 1. The van der Waals surface area contributed by atoms with E-state index in [-0.39, 0.29) is 0 Å². The molecule has 1 unspecified atom stereocenters. The van der Waals surface area contributed by atoms with Crippen molar-refractivity contribution in [2.75, 3.05) is 5.84 Å². The molecule has 3 heteroatoms. The van der Waals surface area contributed by atoms with Crippen LogP contribution in [0.4, 0.5) is 0 Å². The summed E-state index contributed by atoms with van der Waals surface area (Å²) in [4.78, 5) is 0. The van der Waals surface area contributed by atoms with E-state index in [0.717, 1.165) is 12.1 Å². The van der Waals surface area contributed by atoms with Gasteiger partial charge in [-0.25, -0.2) is 4.57 Å². The Bertz CT molecular complexity index is 374. The first-order chi connectivity index (χ1) is 6.09. The Morgan fingerprint density at radius 3 is 3.00 bits per heavy atom. The lowest BCUT2D eigenvalue weighted by Crippen LogP contribution is -2.32. The van der Waals surface area contributed by atoms with Crippen LogP contribution in [0.1, 0.15) is 25.2 Å². The Balaban J connectivity index is 2.58. The molecule has 1 atom stereocenters. The molecule has 1 heterocycles. The van der Waals surface area contributed by atoms with Crippen LogP contribution in [0.25, 0.3) is 6.08 Å². The topological polar surface area (TPSA) is 34.8 Å². The minimum absolute atomic E-state index is 0.640. The number of aromatic nitrogens is 2. The SMILES string of the molecule is CC1=Cc2c([n+](C)cn2N)CC1C. The average molecular weight is 178 g/mol. The third-order valence-electron chi connectivity index (χ3n) is 2.94. The van der Waals surface area contributed by atoms with E-state index in [4.69, 9.17) is 5.84 Å². The van der Waals surface area contributed by atoms with E-state index in [9.17, 15) is 0 Å². The van der Waals surface area contributed by atoms with Crippen molar-refractivity contribution in [3.63, 3.8) is 0 Å². The zero-order valence-corrected chi connectivity index (χ0v) is 8.41. The van der Waals surface area contributed by atoms with Gasteiger partial charge >= 0.3 is 0 Å². The van der Waals surface area contributed by atoms with Crippen LogP contribution in [0.15, 0.2) is 11.9 Å². The van der Waals surface area contributed by atoms with Crippen molar-refractivity contribution < 1.29 is 4.57 Å². The lowest BCUT2D eigenvalue weighted by molar-refractivity contribution is -0.678. The fraction of sp³-hybridized carbons (Fsp3) is 0.500. The summed E-state index contributed by atoms with van der Waals surface area (Å²) < 4.78 is 3.81. The van der Waals surface area contributed by atoms with Crippen LogP contribution in [-0.2, 0) is 13.5 Å². The normalized spacial score (nSPS) is 21.2. The first-order valence-electron chi connectivity index (χ1n) is 4.62. The largest absolute Gasteiger partial charge is 0.269 e. The van der Waals surface area contributed by atoms with Gasteiger partial charge < -0.3 is 0 Å². The Morgan fingerprint density at radius 1 is 1.62 bits per heavy atom. The van der Waals surface area contributed by atoms with E-state index in [0.29, 0.717) is 5.92 Å². The number of nitrogens with two attached hydrogens (primary N) is 1. The first-order valence-corrected chi connectivity index (χ1v) is 4.62. The van der Waals surface area contributed by atoms with Gasteiger partial charge in [0.05, 0.1) is 7.05 Å². The fourth-order valence-electron chi connectivity index (χ4n) is 1.86. The van der Waals surface area contributed by atoms with Gasteiger partial charge in [0.15, 0.2) is 11.4 Å². The maximum absolute atomic E-state index is 5.82. The molecule has 1 aliphatic carbocycles. The predicted molar refractivity (Wildman–Crippen MR) is 52.3 cm³/mol. The minimum atomic E-state index is 0.640. The van der Waals surface area contributed by atoms with Gasteiger partial charge in [0.1, 0.15) is 0 Å². The molecule has 1 aromatic rings. The number of hydrogen-bond acceptors (Lipinski definition) is 1. The van der Waals surface area contributed by atoms with Crippen LogP contribution in [0, 0.1) is 5.92 Å². The molecule has 13 heavy (non-hydrogen) atoms. The summed E-state index contributed by atoms with van der Waals surface area (Å²) in [6.07, 6.45) is 5.20. The van der Waals surface area contributed by atoms with Crippen LogP contribution >= 0.6 is 0 Å². The van der Waals surface area contributed by atoms with E-state index < -0.39 is 0 Å². The van der Waals surface area contributed by atoms with Crippen molar-refractivity contribution in [2.45, 2.75) is 20.3 Å². The Kier molecular flexibility index (Phi) is 1.68. The second kappa shape index (κ2) is 2.62. The van der Waals surface area contributed by atoms with Gasteiger partial charge in [0.25, 0.3) is 6.33 Å². The number of imidazole rings is 1. The highest BCUT2D eigenvalue weighted by atomic mass is 15.3. The molecule has 0 bridgehead atoms. The molecular weight excluding hydrogens is 162 g/mol. The summed E-state index contributed by atoms with van der Waals surface area (Å²) in [5.41, 5.74) is 3.90. The Labute approximate surface area is 78.4 Å². The average Bonchev–Trinajstić information content (AvgIpc) is 2.31. The molecule has 0 aromatic carbocycles. The molecule has 2 N–H and O–H groups in total. The standard InChI is InChI=1S/C10H16N3/c1-7-4-9-10(5-8(7)2)13(11)6-12(9)3/h5-7H,4,11H2,1-3H3/q+1. The van der Waals surface area contributed by atoms with Crippen molar-refractivity contribution in [2.24, 2.45) is 13.0 Å². The zero-order chi connectivity index (χ0) is 9.59. The van der Waals surface area contributed by atoms with Gasteiger partial charge in [0.2, 0.25) is 0 Å². The van der Waals surface area contributed by atoms with Crippen LogP contribution in [0.2, 0.25) is 0 Å². The van der Waals surface area contributed by atoms with Gasteiger partial charge in [0, 0.05) is 6.42 Å². The van der Waals surface area contributed by atoms with E-state index in [2.05, 4.69) is 24.5 Å². The molecule has 0 amide bonds. The number of hydrogen-bond donors (Lipinski definition) is 1.